The van der Waals surface area contributed by atoms with E-state index in [0.29, 0.717) is 23.7 Å². The lowest BCUT2D eigenvalue weighted by atomic mass is 10.1. The molecular formula is C26H27N5O3. The van der Waals surface area contributed by atoms with Gasteiger partial charge in [0, 0.05) is 24.2 Å². The first kappa shape index (κ1) is 21.8. The van der Waals surface area contributed by atoms with Crippen LogP contribution in [-0.4, -0.2) is 41.1 Å². The average molecular weight is 458 g/mol. The van der Waals surface area contributed by atoms with Crippen molar-refractivity contribution in [1.82, 2.24) is 19.7 Å². The largest absolute Gasteiger partial charge is 0.497 e. The monoisotopic (exact) mass is 457 g/mol. The highest BCUT2D eigenvalue weighted by Crippen LogP contribution is 2.33. The number of aromatic nitrogens is 4. The van der Waals surface area contributed by atoms with Gasteiger partial charge >= 0.3 is 0 Å². The van der Waals surface area contributed by atoms with Gasteiger partial charge < -0.3 is 19.5 Å². The summed E-state index contributed by atoms with van der Waals surface area (Å²) in [7, 11) is 4.93. The van der Waals surface area contributed by atoms with E-state index < -0.39 is 0 Å². The summed E-state index contributed by atoms with van der Waals surface area (Å²) in [6.45, 7) is 0. The second kappa shape index (κ2) is 9.43. The highest BCUT2D eigenvalue weighted by atomic mass is 16.5. The lowest BCUT2D eigenvalue weighted by molar-refractivity contribution is 0.354. The Bertz CT molecular complexity index is 1320. The van der Waals surface area contributed by atoms with E-state index in [1.165, 1.54) is 5.56 Å². The molecule has 1 aliphatic rings. The van der Waals surface area contributed by atoms with E-state index in [0.717, 1.165) is 53.6 Å². The van der Waals surface area contributed by atoms with Crippen LogP contribution in [0.25, 0.3) is 5.69 Å². The maximum atomic E-state index is 5.43. The second-order valence-corrected chi connectivity index (χ2v) is 8.09. The molecule has 1 N–H and O–H groups in total. The third-order valence-electron chi connectivity index (χ3n) is 5.97. The van der Waals surface area contributed by atoms with E-state index in [2.05, 4.69) is 10.3 Å². The van der Waals surface area contributed by atoms with Crippen LogP contribution >= 0.6 is 0 Å². The zero-order valence-corrected chi connectivity index (χ0v) is 19.5. The van der Waals surface area contributed by atoms with Crippen LogP contribution in [0, 0.1) is 0 Å². The predicted octanol–water partition coefficient (Wildman–Crippen LogP) is 4.51. The van der Waals surface area contributed by atoms with Crippen molar-refractivity contribution in [3.05, 3.63) is 77.4 Å². The molecule has 174 valence electrons. The molecule has 8 heteroatoms. The molecule has 1 aliphatic carbocycles. The van der Waals surface area contributed by atoms with Gasteiger partial charge in [-0.3, -0.25) is 0 Å². The summed E-state index contributed by atoms with van der Waals surface area (Å²) in [5.74, 6) is 4.55. The molecule has 0 radical (unpaired) electrons. The van der Waals surface area contributed by atoms with E-state index in [1.807, 2.05) is 53.2 Å². The van der Waals surface area contributed by atoms with Crippen molar-refractivity contribution in [3.63, 3.8) is 0 Å². The van der Waals surface area contributed by atoms with Crippen LogP contribution in [0.1, 0.15) is 29.1 Å². The number of methoxy groups -OCH3 is 3. The minimum atomic E-state index is 0.573. The predicted molar refractivity (Wildman–Crippen MR) is 130 cm³/mol. The highest BCUT2D eigenvalue weighted by Gasteiger charge is 2.23. The summed E-state index contributed by atoms with van der Waals surface area (Å²) in [5, 5.41) is 8.41. The molecular weight excluding hydrogens is 430 g/mol. The van der Waals surface area contributed by atoms with Crippen LogP contribution in [0.15, 0.2) is 54.7 Å². The van der Waals surface area contributed by atoms with Gasteiger partial charge in [0.05, 0.1) is 32.7 Å². The quantitative estimate of drug-likeness (QED) is 0.417. The van der Waals surface area contributed by atoms with Gasteiger partial charge in [0.15, 0.2) is 11.5 Å². The van der Waals surface area contributed by atoms with Crippen LogP contribution in [-0.2, 0) is 19.3 Å². The summed E-state index contributed by atoms with van der Waals surface area (Å²) in [6.07, 6.45) is 5.43. The Morgan fingerprint density at radius 3 is 2.65 bits per heavy atom. The van der Waals surface area contributed by atoms with E-state index >= 15 is 0 Å². The van der Waals surface area contributed by atoms with Gasteiger partial charge in [-0.1, -0.05) is 12.1 Å². The lowest BCUT2D eigenvalue weighted by Crippen LogP contribution is -2.07. The van der Waals surface area contributed by atoms with Gasteiger partial charge in [-0.2, -0.15) is 5.10 Å². The van der Waals surface area contributed by atoms with Crippen molar-refractivity contribution in [2.75, 3.05) is 26.6 Å². The van der Waals surface area contributed by atoms with Crippen molar-refractivity contribution in [3.8, 4) is 22.9 Å². The average Bonchev–Trinajstić information content (AvgIpc) is 3.47. The van der Waals surface area contributed by atoms with Crippen LogP contribution < -0.4 is 19.5 Å². The molecule has 0 spiro atoms. The molecule has 8 nitrogen and oxygen atoms in total. The molecule has 0 saturated heterocycles. The molecule has 0 saturated carbocycles. The fourth-order valence-corrected chi connectivity index (χ4v) is 4.30. The van der Waals surface area contributed by atoms with Crippen molar-refractivity contribution in [1.29, 1.82) is 0 Å². The Kier molecular flexibility index (Phi) is 6.03. The molecule has 0 aliphatic heterocycles. The molecule has 34 heavy (non-hydrogen) atoms. The number of rotatable bonds is 8. The first-order valence-electron chi connectivity index (χ1n) is 11.2. The molecule has 5 rings (SSSR count). The summed E-state index contributed by atoms with van der Waals surface area (Å²) in [6, 6.07) is 15.6. The molecule has 2 aromatic carbocycles. The Hall–Kier alpha value is -4.07. The van der Waals surface area contributed by atoms with Gasteiger partial charge in [-0.15, -0.1) is 0 Å². The van der Waals surface area contributed by atoms with Crippen LogP contribution in [0.4, 0.5) is 11.6 Å². The van der Waals surface area contributed by atoms with Crippen LogP contribution in [0.5, 0.6) is 17.2 Å². The number of hydrogen-bond donors (Lipinski definition) is 1. The first-order valence-corrected chi connectivity index (χ1v) is 11.2. The molecule has 2 aromatic heterocycles. The third-order valence-corrected chi connectivity index (χ3v) is 5.97. The highest BCUT2D eigenvalue weighted by molar-refractivity contribution is 5.62. The fourth-order valence-electron chi connectivity index (χ4n) is 4.30. The molecule has 0 unspecified atom stereocenters. The normalized spacial score (nSPS) is 12.3. The minimum Gasteiger partial charge on any atom is -0.497 e. The molecule has 4 aromatic rings. The number of nitrogens with one attached hydrogen (secondary N) is 1. The zero-order valence-electron chi connectivity index (χ0n) is 19.5. The van der Waals surface area contributed by atoms with Crippen molar-refractivity contribution in [2.24, 2.45) is 0 Å². The number of hydrogen-bond acceptors (Lipinski definition) is 7. The van der Waals surface area contributed by atoms with E-state index in [-0.39, 0.29) is 0 Å². The van der Waals surface area contributed by atoms with Gasteiger partial charge in [-0.25, -0.2) is 14.6 Å². The maximum Gasteiger partial charge on any atom is 0.161 e. The van der Waals surface area contributed by atoms with Crippen molar-refractivity contribution < 1.29 is 14.2 Å². The smallest absolute Gasteiger partial charge is 0.161 e. The first-order chi connectivity index (χ1) is 16.7. The van der Waals surface area contributed by atoms with Crippen LogP contribution in [0.3, 0.4) is 0 Å². The second-order valence-electron chi connectivity index (χ2n) is 8.09. The van der Waals surface area contributed by atoms with Gasteiger partial charge in [0.25, 0.3) is 0 Å². The summed E-state index contributed by atoms with van der Waals surface area (Å²) in [5.41, 5.74) is 4.35. The van der Waals surface area contributed by atoms with Crippen molar-refractivity contribution in [2.45, 2.75) is 25.7 Å². The molecule has 0 amide bonds. The number of fused-ring (bicyclic) bond motifs is 1. The topological polar surface area (TPSA) is 83.3 Å². The SMILES string of the molecule is COc1cccc(-n2nc3c(c2Nc2ccnc(Cc4ccc(OC)c(OC)c4)n2)CCC3)c1. The molecule has 0 atom stereocenters. The molecule has 2 heterocycles. The summed E-state index contributed by atoms with van der Waals surface area (Å²) >= 11 is 0. The Balaban J connectivity index is 1.44. The standard InChI is InChI=1S/C26H27N5O3/c1-32-19-7-4-6-18(16-19)31-26(20-8-5-9-21(20)30-31)29-24-12-13-27-25(28-24)15-17-10-11-22(33-2)23(14-17)34-3/h4,6-7,10-14,16H,5,8-9,15H2,1-3H3,(H,27,28,29). The Morgan fingerprint density at radius 1 is 0.941 bits per heavy atom. The Morgan fingerprint density at radius 2 is 1.82 bits per heavy atom. The van der Waals surface area contributed by atoms with Crippen LogP contribution in [0.2, 0.25) is 0 Å². The summed E-state index contributed by atoms with van der Waals surface area (Å²) in [4.78, 5) is 9.25. The number of ether oxygens (including phenoxy) is 3. The van der Waals surface area contributed by atoms with Gasteiger partial charge in [0.2, 0.25) is 0 Å². The summed E-state index contributed by atoms with van der Waals surface area (Å²) < 4.78 is 18.1. The van der Waals surface area contributed by atoms with Gasteiger partial charge in [0.1, 0.15) is 23.2 Å². The maximum absolute atomic E-state index is 5.43. The lowest BCUT2D eigenvalue weighted by Gasteiger charge is -2.13. The van der Waals surface area contributed by atoms with E-state index in [4.69, 9.17) is 24.3 Å². The molecule has 0 bridgehead atoms. The zero-order chi connectivity index (χ0) is 23.5. The minimum absolute atomic E-state index is 0.573. The number of aryl methyl sites for hydroxylation is 1. The third kappa shape index (κ3) is 4.26. The fraction of sp³-hybridized carbons (Fsp3) is 0.269. The molecule has 0 fully saturated rings. The van der Waals surface area contributed by atoms with E-state index in [9.17, 15) is 0 Å². The number of anilines is 2. The number of nitrogens with zero attached hydrogens (tertiary/aromatic N) is 4. The van der Waals surface area contributed by atoms with Crippen molar-refractivity contribution >= 4 is 11.6 Å². The number of benzene rings is 2. The Labute approximate surface area is 198 Å². The van der Waals surface area contributed by atoms with E-state index in [1.54, 1.807) is 27.5 Å². The van der Waals surface area contributed by atoms with Gasteiger partial charge in [-0.05, 0) is 55.2 Å².